The molecule has 0 aliphatic carbocycles. The molecule has 0 bridgehead atoms. The Morgan fingerprint density at radius 1 is 1.35 bits per heavy atom. The second-order valence-electron chi connectivity index (χ2n) is 4.59. The summed E-state index contributed by atoms with van der Waals surface area (Å²) in [4.78, 5) is 11.8. The van der Waals surface area contributed by atoms with Crippen LogP contribution in [0.3, 0.4) is 0 Å². The fraction of sp³-hybridized carbons (Fsp3) is 0.500. The summed E-state index contributed by atoms with van der Waals surface area (Å²) in [6.45, 7) is 2.16. The van der Waals surface area contributed by atoms with Crippen LogP contribution in [0.2, 0.25) is 5.02 Å². The van der Waals surface area contributed by atoms with Crippen molar-refractivity contribution in [3.63, 3.8) is 0 Å². The van der Waals surface area contributed by atoms with Crippen LogP contribution < -0.4 is 10.6 Å². The molecule has 3 N–H and O–H groups in total. The lowest BCUT2D eigenvalue weighted by atomic mass is 10.0. The zero-order chi connectivity index (χ0) is 15.0. The third-order valence-corrected chi connectivity index (χ3v) is 3.09. The Hall–Kier alpha value is -1.30. The van der Waals surface area contributed by atoms with Gasteiger partial charge in [0.15, 0.2) is 0 Å². The molecule has 6 heteroatoms. The lowest BCUT2D eigenvalue weighted by Gasteiger charge is -2.21. The highest BCUT2D eigenvalue weighted by atomic mass is 35.5. The number of hydrogen-bond acceptors (Lipinski definition) is 3. The maximum Gasteiger partial charge on any atom is 0.315 e. The van der Waals surface area contributed by atoms with Gasteiger partial charge in [-0.1, -0.05) is 23.7 Å². The summed E-state index contributed by atoms with van der Waals surface area (Å²) in [5.41, 5.74) is 0.957. The number of benzene rings is 1. The number of halogens is 1. The topological polar surface area (TPSA) is 70.6 Å². The minimum absolute atomic E-state index is 0.100. The van der Waals surface area contributed by atoms with Gasteiger partial charge < -0.3 is 20.5 Å². The molecule has 0 aliphatic heterocycles. The van der Waals surface area contributed by atoms with Crippen LogP contribution in [0.5, 0.6) is 0 Å². The van der Waals surface area contributed by atoms with Crippen LogP contribution >= 0.6 is 11.6 Å². The molecule has 2 atom stereocenters. The second-order valence-corrected chi connectivity index (χ2v) is 5.02. The number of amides is 2. The molecule has 0 spiro atoms. The van der Waals surface area contributed by atoms with Crippen LogP contribution in [-0.4, -0.2) is 37.5 Å². The molecule has 1 rings (SSSR count). The minimum Gasteiger partial charge on any atom is -0.394 e. The van der Waals surface area contributed by atoms with E-state index in [0.717, 1.165) is 5.56 Å². The van der Waals surface area contributed by atoms with Crippen molar-refractivity contribution >= 4 is 17.6 Å². The Morgan fingerprint density at radius 2 is 2.00 bits per heavy atom. The highest BCUT2D eigenvalue weighted by molar-refractivity contribution is 6.30. The largest absolute Gasteiger partial charge is 0.394 e. The van der Waals surface area contributed by atoms with Crippen molar-refractivity contribution < 1.29 is 14.6 Å². The van der Waals surface area contributed by atoms with Gasteiger partial charge in [-0.3, -0.25) is 0 Å². The smallest absolute Gasteiger partial charge is 0.315 e. The van der Waals surface area contributed by atoms with Crippen molar-refractivity contribution in [2.24, 2.45) is 0 Å². The van der Waals surface area contributed by atoms with Crippen LogP contribution in [0.25, 0.3) is 0 Å². The van der Waals surface area contributed by atoms with Gasteiger partial charge in [-0.05, 0) is 31.0 Å². The summed E-state index contributed by atoms with van der Waals surface area (Å²) in [5.74, 6) is 0. The van der Waals surface area contributed by atoms with Gasteiger partial charge in [-0.25, -0.2) is 4.79 Å². The molecule has 2 unspecified atom stereocenters. The summed E-state index contributed by atoms with van der Waals surface area (Å²) in [7, 11) is 1.62. The molecule has 0 fully saturated rings. The third-order valence-electron chi connectivity index (χ3n) is 2.84. The van der Waals surface area contributed by atoms with E-state index in [1.54, 1.807) is 26.2 Å². The van der Waals surface area contributed by atoms with E-state index in [4.69, 9.17) is 21.4 Å². The highest BCUT2D eigenvalue weighted by Crippen LogP contribution is 2.19. The molecule has 0 aromatic heterocycles. The molecule has 1 aromatic carbocycles. The molecular weight excluding hydrogens is 280 g/mol. The van der Waals surface area contributed by atoms with E-state index in [1.807, 2.05) is 12.1 Å². The number of hydrogen-bond donors (Lipinski definition) is 3. The predicted octanol–water partition coefficient (Wildman–Crippen LogP) is 2.10. The maximum absolute atomic E-state index is 11.8. The first kappa shape index (κ1) is 16.8. The van der Waals surface area contributed by atoms with Crippen LogP contribution in [-0.2, 0) is 4.74 Å². The molecule has 112 valence electrons. The first-order valence-electron chi connectivity index (χ1n) is 6.49. The molecule has 0 aliphatic rings. The number of nitrogens with one attached hydrogen (secondary N) is 2. The Bertz CT molecular complexity index is 411. The fourth-order valence-corrected chi connectivity index (χ4v) is 1.85. The molecule has 0 saturated carbocycles. The zero-order valence-corrected chi connectivity index (χ0v) is 12.5. The van der Waals surface area contributed by atoms with Crippen molar-refractivity contribution in [1.82, 2.24) is 10.6 Å². The van der Waals surface area contributed by atoms with Crippen molar-refractivity contribution in [3.05, 3.63) is 34.9 Å². The summed E-state index contributed by atoms with van der Waals surface area (Å²) < 4.78 is 5.06. The average molecular weight is 301 g/mol. The fourth-order valence-electron chi connectivity index (χ4n) is 1.72. The van der Waals surface area contributed by atoms with Gasteiger partial charge >= 0.3 is 6.03 Å². The lowest BCUT2D eigenvalue weighted by Crippen LogP contribution is -2.43. The van der Waals surface area contributed by atoms with Crippen LogP contribution in [0, 0.1) is 0 Å². The van der Waals surface area contributed by atoms with Gasteiger partial charge in [0.2, 0.25) is 0 Å². The molecule has 1 aromatic rings. The number of aliphatic hydroxyl groups is 1. The molecule has 5 nitrogen and oxygen atoms in total. The van der Waals surface area contributed by atoms with E-state index in [0.29, 0.717) is 18.1 Å². The standard InChI is InChI=1S/C14H21ClN2O3/c1-10(9-18)16-14(19)17-13(7-8-20-2)11-3-5-12(15)6-4-11/h3-6,10,13,18H,7-9H2,1-2H3,(H2,16,17,19). The van der Waals surface area contributed by atoms with Gasteiger partial charge in [-0.15, -0.1) is 0 Å². The number of methoxy groups -OCH3 is 1. The quantitative estimate of drug-likeness (QED) is 0.722. The van der Waals surface area contributed by atoms with Gasteiger partial charge in [-0.2, -0.15) is 0 Å². The molecule has 0 heterocycles. The number of rotatable bonds is 7. The van der Waals surface area contributed by atoms with E-state index in [9.17, 15) is 4.79 Å². The SMILES string of the molecule is COCCC(NC(=O)NC(C)CO)c1ccc(Cl)cc1. The first-order valence-corrected chi connectivity index (χ1v) is 6.87. The molecular formula is C14H21ClN2O3. The number of aliphatic hydroxyl groups excluding tert-OH is 1. The monoisotopic (exact) mass is 300 g/mol. The first-order chi connectivity index (χ1) is 9.56. The van der Waals surface area contributed by atoms with Gasteiger partial charge in [0.05, 0.1) is 18.7 Å². The summed E-state index contributed by atoms with van der Waals surface area (Å²) in [6.07, 6.45) is 0.652. The Balaban J connectivity index is 2.68. The van der Waals surface area contributed by atoms with Crippen LogP contribution in [0.1, 0.15) is 24.9 Å². The highest BCUT2D eigenvalue weighted by Gasteiger charge is 2.15. The number of carbonyl (C=O) groups is 1. The summed E-state index contributed by atoms with van der Waals surface area (Å²) in [6, 6.07) is 6.54. The van der Waals surface area contributed by atoms with Crippen molar-refractivity contribution in [2.75, 3.05) is 20.3 Å². The van der Waals surface area contributed by atoms with Crippen molar-refractivity contribution in [1.29, 1.82) is 0 Å². The average Bonchev–Trinajstić information content (AvgIpc) is 2.44. The van der Waals surface area contributed by atoms with Gasteiger partial charge in [0, 0.05) is 18.7 Å². The molecule has 0 saturated heterocycles. The maximum atomic E-state index is 11.8. The lowest BCUT2D eigenvalue weighted by molar-refractivity contribution is 0.180. The van der Waals surface area contributed by atoms with Crippen LogP contribution in [0.4, 0.5) is 4.79 Å². The second kappa shape index (κ2) is 8.79. The third kappa shape index (κ3) is 5.77. The number of ether oxygens (including phenoxy) is 1. The summed E-state index contributed by atoms with van der Waals surface area (Å²) >= 11 is 5.86. The van der Waals surface area contributed by atoms with Crippen LogP contribution in [0.15, 0.2) is 24.3 Å². The van der Waals surface area contributed by atoms with E-state index < -0.39 is 0 Å². The van der Waals surface area contributed by atoms with E-state index >= 15 is 0 Å². The molecule has 2 amide bonds. The minimum atomic E-state index is -0.317. The predicted molar refractivity (Wildman–Crippen MR) is 78.9 cm³/mol. The zero-order valence-electron chi connectivity index (χ0n) is 11.7. The van der Waals surface area contributed by atoms with Gasteiger partial charge in [0.25, 0.3) is 0 Å². The van der Waals surface area contributed by atoms with Gasteiger partial charge in [0.1, 0.15) is 0 Å². The van der Waals surface area contributed by atoms with Crippen molar-refractivity contribution in [2.45, 2.75) is 25.4 Å². The number of urea groups is 1. The van der Waals surface area contributed by atoms with E-state index in [-0.39, 0.29) is 24.7 Å². The summed E-state index contributed by atoms with van der Waals surface area (Å²) in [5, 5.41) is 15.1. The van der Waals surface area contributed by atoms with E-state index in [2.05, 4.69) is 10.6 Å². The Labute approximate surface area is 124 Å². The normalized spacial score (nSPS) is 13.6. The van der Waals surface area contributed by atoms with Crippen molar-refractivity contribution in [3.8, 4) is 0 Å². The van der Waals surface area contributed by atoms with E-state index in [1.165, 1.54) is 0 Å². The molecule has 0 radical (unpaired) electrons. The molecule has 20 heavy (non-hydrogen) atoms. The Morgan fingerprint density at radius 3 is 2.55 bits per heavy atom. The number of carbonyl (C=O) groups excluding carboxylic acids is 1. The Kier molecular flexibility index (Phi) is 7.36.